The number of aliphatic imine (C=N–C) groups is 1. The van der Waals surface area contributed by atoms with E-state index in [0.717, 1.165) is 46.6 Å². The Morgan fingerprint density at radius 1 is 1.07 bits per heavy atom. The number of fused-ring (bicyclic) bond motifs is 1. The molecule has 0 radical (unpaired) electrons. The summed E-state index contributed by atoms with van der Waals surface area (Å²) in [5.41, 5.74) is 5.00. The molecule has 0 bridgehead atoms. The highest BCUT2D eigenvalue weighted by Crippen LogP contribution is 2.45. The molecule has 1 heterocycles. The van der Waals surface area contributed by atoms with Gasteiger partial charge in [0, 0.05) is 22.3 Å². The number of para-hydroxylation sites is 1. The number of benzene rings is 3. The molecule has 1 N–H and O–H groups in total. The molecule has 0 saturated carbocycles. The molecule has 7 heteroatoms. The average molecular weight is 592 g/mol. The minimum absolute atomic E-state index is 0.124. The summed E-state index contributed by atoms with van der Waals surface area (Å²) in [6.07, 6.45) is 4.67. The molecule has 1 amide bonds. The summed E-state index contributed by atoms with van der Waals surface area (Å²) in [6.45, 7) is 9.54. The fourth-order valence-corrected chi connectivity index (χ4v) is 6.66. The van der Waals surface area contributed by atoms with Crippen LogP contribution >= 0.6 is 11.3 Å². The van der Waals surface area contributed by atoms with E-state index in [4.69, 9.17) is 14.5 Å². The van der Waals surface area contributed by atoms with Gasteiger partial charge in [0.15, 0.2) is 11.5 Å². The van der Waals surface area contributed by atoms with Crippen LogP contribution in [0.15, 0.2) is 77.8 Å². The van der Waals surface area contributed by atoms with Crippen molar-refractivity contribution in [3.63, 3.8) is 0 Å². The molecule has 6 nitrogen and oxygen atoms in total. The van der Waals surface area contributed by atoms with Gasteiger partial charge in [0.2, 0.25) is 0 Å². The summed E-state index contributed by atoms with van der Waals surface area (Å²) in [5, 5.41) is 13.2. The van der Waals surface area contributed by atoms with Gasteiger partial charge in [-0.15, -0.1) is 11.3 Å². The van der Waals surface area contributed by atoms with Crippen molar-refractivity contribution in [3.05, 3.63) is 105 Å². The first-order valence-corrected chi connectivity index (χ1v) is 15.5. The Kier molecular flexibility index (Phi) is 9.27. The van der Waals surface area contributed by atoms with Crippen molar-refractivity contribution in [1.82, 2.24) is 0 Å². The summed E-state index contributed by atoms with van der Waals surface area (Å²) in [5.74, 6) is 1.62. The molecule has 43 heavy (non-hydrogen) atoms. The van der Waals surface area contributed by atoms with Crippen LogP contribution < -0.4 is 14.8 Å². The van der Waals surface area contributed by atoms with Crippen LogP contribution in [-0.2, 0) is 19.4 Å². The maximum atomic E-state index is 13.6. The number of carbonyl (C=O) groups excluding carboxylic acids is 1. The molecule has 1 aromatic heterocycles. The molecule has 4 aromatic rings. The summed E-state index contributed by atoms with van der Waals surface area (Å²) in [4.78, 5) is 19.8. The number of thiophene rings is 1. The van der Waals surface area contributed by atoms with Crippen LogP contribution in [0.4, 0.5) is 10.7 Å². The SMILES string of the molecule is CCOc1cc(C=Nc2sc3c(c2C(=O)Nc2ccccc2)CC[C@@H](C(C)(C)C)C3)ccc1OCc1ccccc1C#N. The second-order valence-corrected chi connectivity index (χ2v) is 12.8. The average Bonchev–Trinajstić information content (AvgIpc) is 3.38. The van der Waals surface area contributed by atoms with Crippen molar-refractivity contribution < 1.29 is 14.3 Å². The molecule has 0 unspecified atom stereocenters. The van der Waals surface area contributed by atoms with E-state index in [9.17, 15) is 10.1 Å². The predicted octanol–water partition coefficient (Wildman–Crippen LogP) is 8.75. The van der Waals surface area contributed by atoms with Gasteiger partial charge in [0.1, 0.15) is 11.6 Å². The maximum absolute atomic E-state index is 13.6. The summed E-state index contributed by atoms with van der Waals surface area (Å²) in [7, 11) is 0. The van der Waals surface area contributed by atoms with Gasteiger partial charge < -0.3 is 14.8 Å². The Morgan fingerprint density at radius 3 is 2.58 bits per heavy atom. The van der Waals surface area contributed by atoms with Crippen LogP contribution in [0.5, 0.6) is 11.5 Å². The van der Waals surface area contributed by atoms with E-state index < -0.39 is 0 Å². The molecule has 0 aliphatic heterocycles. The Hall–Kier alpha value is -4.41. The number of carbonyl (C=O) groups is 1. The molecule has 5 rings (SSSR count). The van der Waals surface area contributed by atoms with E-state index >= 15 is 0 Å². The van der Waals surface area contributed by atoms with Gasteiger partial charge in [0.25, 0.3) is 5.91 Å². The van der Waals surface area contributed by atoms with E-state index in [2.05, 4.69) is 32.2 Å². The fraction of sp³-hybridized carbons (Fsp3) is 0.306. The quantitative estimate of drug-likeness (QED) is 0.197. The van der Waals surface area contributed by atoms with Crippen LogP contribution in [0.2, 0.25) is 0 Å². The first-order valence-electron chi connectivity index (χ1n) is 14.7. The van der Waals surface area contributed by atoms with Crippen molar-refractivity contribution in [2.24, 2.45) is 16.3 Å². The number of rotatable bonds is 9. The number of ether oxygens (including phenoxy) is 2. The minimum Gasteiger partial charge on any atom is -0.490 e. The van der Waals surface area contributed by atoms with Crippen molar-refractivity contribution in [1.29, 1.82) is 5.26 Å². The van der Waals surface area contributed by atoms with Gasteiger partial charge in [-0.3, -0.25) is 4.79 Å². The number of hydrogen-bond donors (Lipinski definition) is 1. The largest absolute Gasteiger partial charge is 0.490 e. The Bertz CT molecular complexity index is 1660. The van der Waals surface area contributed by atoms with Gasteiger partial charge in [-0.2, -0.15) is 5.26 Å². The van der Waals surface area contributed by atoms with E-state index in [-0.39, 0.29) is 17.9 Å². The number of amides is 1. The zero-order valence-corrected chi connectivity index (χ0v) is 26.0. The zero-order valence-electron chi connectivity index (χ0n) is 25.1. The van der Waals surface area contributed by atoms with Gasteiger partial charge in [-0.25, -0.2) is 4.99 Å². The number of nitrogens with one attached hydrogen (secondary N) is 1. The third-order valence-corrected chi connectivity index (χ3v) is 9.01. The molecule has 3 aromatic carbocycles. The number of nitrogens with zero attached hydrogens (tertiary/aromatic N) is 2. The molecule has 1 aliphatic rings. The smallest absolute Gasteiger partial charge is 0.259 e. The monoisotopic (exact) mass is 591 g/mol. The van der Waals surface area contributed by atoms with Crippen molar-refractivity contribution in [2.75, 3.05) is 11.9 Å². The maximum Gasteiger partial charge on any atom is 0.259 e. The molecule has 1 atom stereocenters. The lowest BCUT2D eigenvalue weighted by Crippen LogP contribution is -2.27. The molecule has 0 spiro atoms. The van der Waals surface area contributed by atoms with Gasteiger partial charge in [0.05, 0.1) is 23.8 Å². The lowest BCUT2D eigenvalue weighted by molar-refractivity contribution is 0.102. The molecule has 0 saturated heterocycles. The van der Waals surface area contributed by atoms with Crippen LogP contribution in [0.1, 0.15) is 71.6 Å². The van der Waals surface area contributed by atoms with Gasteiger partial charge in [-0.1, -0.05) is 57.2 Å². The van der Waals surface area contributed by atoms with Gasteiger partial charge in [-0.05, 0) is 85.0 Å². The predicted molar refractivity (Wildman–Crippen MR) is 174 cm³/mol. The Morgan fingerprint density at radius 2 is 1.84 bits per heavy atom. The number of nitriles is 1. The van der Waals surface area contributed by atoms with E-state index in [1.165, 1.54) is 4.88 Å². The van der Waals surface area contributed by atoms with Crippen LogP contribution in [0.25, 0.3) is 0 Å². The third kappa shape index (κ3) is 7.15. The Balaban J connectivity index is 1.43. The van der Waals surface area contributed by atoms with Crippen molar-refractivity contribution in [3.8, 4) is 17.6 Å². The zero-order chi connectivity index (χ0) is 30.4. The first kappa shape index (κ1) is 30.1. The second-order valence-electron chi connectivity index (χ2n) is 11.8. The topological polar surface area (TPSA) is 83.7 Å². The van der Waals surface area contributed by atoms with Crippen molar-refractivity contribution >= 4 is 34.1 Å². The lowest BCUT2D eigenvalue weighted by Gasteiger charge is -2.33. The highest BCUT2D eigenvalue weighted by Gasteiger charge is 2.33. The standard InChI is InChI=1S/C36H37N3O3S/c1-5-41-31-19-24(15-18-30(31)42-23-26-12-10-9-11-25(26)21-37)22-38-35-33(34(40)39-28-13-7-6-8-14-28)29-17-16-27(36(2,3)4)20-32(29)43-35/h6-15,18-19,22,27H,5,16-17,20,23H2,1-4H3,(H,39,40)/t27-/m1/s1. The van der Waals surface area contributed by atoms with E-state index in [1.54, 1.807) is 23.6 Å². The molecule has 1 aliphatic carbocycles. The number of hydrogen-bond acceptors (Lipinski definition) is 6. The molecule has 0 fully saturated rings. The Labute approximate surface area is 258 Å². The van der Waals surface area contributed by atoms with E-state index in [1.807, 2.05) is 73.7 Å². The third-order valence-electron chi connectivity index (χ3n) is 7.85. The minimum atomic E-state index is -0.124. The molecule has 220 valence electrons. The lowest BCUT2D eigenvalue weighted by atomic mass is 9.72. The fourth-order valence-electron chi connectivity index (χ4n) is 5.39. The normalized spacial score (nSPS) is 14.6. The highest BCUT2D eigenvalue weighted by molar-refractivity contribution is 7.16. The summed E-state index contributed by atoms with van der Waals surface area (Å²) < 4.78 is 12.0. The van der Waals surface area contributed by atoms with Crippen molar-refractivity contribution in [2.45, 2.75) is 53.6 Å². The first-order chi connectivity index (χ1) is 20.8. The van der Waals surface area contributed by atoms with Crippen LogP contribution in [0.3, 0.4) is 0 Å². The summed E-state index contributed by atoms with van der Waals surface area (Å²) in [6, 6.07) is 24.8. The summed E-state index contributed by atoms with van der Waals surface area (Å²) >= 11 is 1.63. The van der Waals surface area contributed by atoms with Gasteiger partial charge >= 0.3 is 0 Å². The van der Waals surface area contributed by atoms with Crippen LogP contribution in [0, 0.1) is 22.7 Å². The van der Waals surface area contributed by atoms with E-state index in [0.29, 0.717) is 35.2 Å². The van der Waals surface area contributed by atoms with Crippen LogP contribution in [-0.4, -0.2) is 18.7 Å². The number of anilines is 1. The highest BCUT2D eigenvalue weighted by atomic mass is 32.1. The second kappa shape index (κ2) is 13.3. The molecular weight excluding hydrogens is 554 g/mol. The molecular formula is C36H37N3O3S.